The Hall–Kier alpha value is -1.91. The third-order valence-electron chi connectivity index (χ3n) is 1.99. The van der Waals surface area contributed by atoms with Gasteiger partial charge in [0.2, 0.25) is 5.95 Å². The zero-order valence-corrected chi connectivity index (χ0v) is 8.81. The molecule has 0 aliphatic heterocycles. The van der Waals surface area contributed by atoms with Crippen LogP contribution in [0.1, 0.15) is 11.5 Å². The molecule has 78 valence electrons. The van der Waals surface area contributed by atoms with Gasteiger partial charge in [-0.05, 0) is 12.1 Å². The molecule has 0 saturated carbocycles. The van der Waals surface area contributed by atoms with Crippen molar-refractivity contribution in [3.05, 3.63) is 35.9 Å². The summed E-state index contributed by atoms with van der Waals surface area (Å²) in [5, 5.41) is 6.97. The van der Waals surface area contributed by atoms with Crippen molar-refractivity contribution in [2.45, 2.75) is 6.42 Å². The van der Waals surface area contributed by atoms with Crippen LogP contribution < -0.4 is 4.90 Å². The number of nitrogens with one attached hydrogen (secondary N) is 1. The van der Waals surface area contributed by atoms with E-state index in [0.717, 1.165) is 11.5 Å². The first-order valence-corrected chi connectivity index (χ1v) is 4.74. The van der Waals surface area contributed by atoms with Crippen LogP contribution in [-0.4, -0.2) is 34.3 Å². The van der Waals surface area contributed by atoms with Gasteiger partial charge in [-0.2, -0.15) is 4.98 Å². The van der Waals surface area contributed by atoms with Crippen molar-refractivity contribution in [2.24, 2.45) is 0 Å². The fourth-order valence-electron chi connectivity index (χ4n) is 1.24. The minimum Gasteiger partial charge on any atom is -0.346 e. The molecular formula is C10H13N5. The highest BCUT2D eigenvalue weighted by Crippen LogP contribution is 2.05. The number of hydrogen-bond acceptors (Lipinski definition) is 4. The molecule has 1 N–H and O–H groups in total. The molecule has 0 aromatic carbocycles. The second kappa shape index (κ2) is 4.08. The van der Waals surface area contributed by atoms with Crippen LogP contribution >= 0.6 is 0 Å². The minimum atomic E-state index is 0.682. The van der Waals surface area contributed by atoms with Gasteiger partial charge in [0, 0.05) is 32.4 Å². The maximum absolute atomic E-state index is 4.32. The van der Waals surface area contributed by atoms with Crippen molar-refractivity contribution < 1.29 is 0 Å². The van der Waals surface area contributed by atoms with Crippen LogP contribution in [-0.2, 0) is 6.42 Å². The molecule has 0 spiro atoms. The van der Waals surface area contributed by atoms with E-state index in [9.17, 15) is 0 Å². The molecule has 0 radical (unpaired) electrons. The van der Waals surface area contributed by atoms with Gasteiger partial charge in [0.15, 0.2) is 0 Å². The highest BCUT2D eigenvalue weighted by Gasteiger charge is 2.05. The monoisotopic (exact) mass is 203 g/mol. The first-order valence-electron chi connectivity index (χ1n) is 4.74. The first-order chi connectivity index (χ1) is 7.25. The Morgan fingerprint density at radius 2 is 2.20 bits per heavy atom. The number of rotatable bonds is 3. The van der Waals surface area contributed by atoms with Gasteiger partial charge in [0.05, 0.1) is 0 Å². The Balaban J connectivity index is 2.12. The number of H-pyrrole nitrogens is 1. The first kappa shape index (κ1) is 9.64. The SMILES string of the molecule is CN(C)c1n[nH]c(Cc2ccccn2)n1. The summed E-state index contributed by atoms with van der Waals surface area (Å²) in [7, 11) is 3.82. The second-order valence-electron chi connectivity index (χ2n) is 3.47. The standard InChI is InChI=1S/C10H13N5/c1-15(2)10-12-9(13-14-10)7-8-5-3-4-6-11-8/h3-6H,7H2,1-2H3,(H,12,13,14). The highest BCUT2D eigenvalue weighted by molar-refractivity contribution is 5.25. The largest absolute Gasteiger partial charge is 0.346 e. The van der Waals surface area contributed by atoms with Crippen LogP contribution in [0, 0.1) is 0 Å². The van der Waals surface area contributed by atoms with E-state index in [2.05, 4.69) is 20.2 Å². The van der Waals surface area contributed by atoms with E-state index in [-0.39, 0.29) is 0 Å². The van der Waals surface area contributed by atoms with Gasteiger partial charge in [-0.25, -0.2) is 0 Å². The molecule has 2 heterocycles. The molecule has 0 fully saturated rings. The van der Waals surface area contributed by atoms with Crippen LogP contribution in [0.15, 0.2) is 24.4 Å². The summed E-state index contributed by atoms with van der Waals surface area (Å²) < 4.78 is 0. The van der Waals surface area contributed by atoms with Crippen molar-refractivity contribution in [1.29, 1.82) is 0 Å². The number of anilines is 1. The Kier molecular flexibility index (Phi) is 2.62. The molecule has 15 heavy (non-hydrogen) atoms. The predicted molar refractivity (Wildman–Crippen MR) is 57.8 cm³/mol. The lowest BCUT2D eigenvalue weighted by Gasteiger charge is -2.03. The highest BCUT2D eigenvalue weighted by atomic mass is 15.3. The summed E-state index contributed by atoms with van der Waals surface area (Å²) in [6.45, 7) is 0. The molecule has 0 aliphatic rings. The smallest absolute Gasteiger partial charge is 0.244 e. The summed E-state index contributed by atoms with van der Waals surface area (Å²) in [4.78, 5) is 10.4. The van der Waals surface area contributed by atoms with E-state index >= 15 is 0 Å². The third kappa shape index (κ3) is 2.31. The number of nitrogens with zero attached hydrogens (tertiary/aromatic N) is 4. The third-order valence-corrected chi connectivity index (χ3v) is 1.99. The molecule has 0 saturated heterocycles. The molecule has 2 aromatic rings. The predicted octanol–water partition coefficient (Wildman–Crippen LogP) is 0.856. The molecule has 0 atom stereocenters. The van der Waals surface area contributed by atoms with Gasteiger partial charge in [0.1, 0.15) is 5.82 Å². The average Bonchev–Trinajstić information content (AvgIpc) is 2.68. The summed E-state index contributed by atoms with van der Waals surface area (Å²) in [5.41, 5.74) is 0.985. The van der Waals surface area contributed by atoms with Crippen molar-refractivity contribution in [1.82, 2.24) is 20.2 Å². The Morgan fingerprint density at radius 1 is 1.33 bits per heavy atom. The van der Waals surface area contributed by atoms with Gasteiger partial charge < -0.3 is 4.90 Å². The Labute approximate surface area is 88.2 Å². The van der Waals surface area contributed by atoms with E-state index in [0.29, 0.717) is 12.4 Å². The van der Waals surface area contributed by atoms with Gasteiger partial charge in [-0.3, -0.25) is 10.1 Å². The van der Waals surface area contributed by atoms with Gasteiger partial charge >= 0.3 is 0 Å². The van der Waals surface area contributed by atoms with Gasteiger partial charge in [-0.1, -0.05) is 6.07 Å². The van der Waals surface area contributed by atoms with Crippen molar-refractivity contribution in [3.8, 4) is 0 Å². The lowest BCUT2D eigenvalue weighted by molar-refractivity contribution is 0.941. The van der Waals surface area contributed by atoms with Crippen LogP contribution in [0.4, 0.5) is 5.95 Å². The Bertz CT molecular complexity index is 420. The molecule has 0 aliphatic carbocycles. The summed E-state index contributed by atoms with van der Waals surface area (Å²) in [6.07, 6.45) is 2.46. The zero-order chi connectivity index (χ0) is 10.7. The number of hydrogen-bond donors (Lipinski definition) is 1. The topological polar surface area (TPSA) is 57.7 Å². The molecule has 2 rings (SSSR count). The minimum absolute atomic E-state index is 0.682. The van der Waals surface area contributed by atoms with Crippen LogP contribution in [0.2, 0.25) is 0 Å². The van der Waals surface area contributed by atoms with Gasteiger partial charge in [0.25, 0.3) is 0 Å². The molecule has 0 bridgehead atoms. The molecule has 5 nitrogen and oxygen atoms in total. The van der Waals surface area contributed by atoms with Crippen LogP contribution in [0.25, 0.3) is 0 Å². The fraction of sp³-hybridized carbons (Fsp3) is 0.300. The summed E-state index contributed by atoms with van der Waals surface area (Å²) in [6, 6.07) is 5.83. The van der Waals surface area contributed by atoms with E-state index in [4.69, 9.17) is 0 Å². The number of pyridine rings is 1. The van der Waals surface area contributed by atoms with Crippen molar-refractivity contribution >= 4 is 5.95 Å². The Morgan fingerprint density at radius 3 is 2.80 bits per heavy atom. The molecule has 5 heteroatoms. The number of aromatic amines is 1. The van der Waals surface area contributed by atoms with Crippen molar-refractivity contribution in [2.75, 3.05) is 19.0 Å². The zero-order valence-electron chi connectivity index (χ0n) is 8.81. The fourth-order valence-corrected chi connectivity index (χ4v) is 1.24. The summed E-state index contributed by atoms with van der Waals surface area (Å²) in [5.74, 6) is 1.53. The average molecular weight is 203 g/mol. The maximum atomic E-state index is 4.32. The van der Waals surface area contributed by atoms with Crippen molar-refractivity contribution in [3.63, 3.8) is 0 Å². The lowest BCUT2D eigenvalue weighted by Crippen LogP contribution is -2.10. The van der Waals surface area contributed by atoms with E-state index in [1.165, 1.54) is 0 Å². The number of aromatic nitrogens is 4. The van der Waals surface area contributed by atoms with Crippen LogP contribution in [0.3, 0.4) is 0 Å². The summed E-state index contributed by atoms with van der Waals surface area (Å²) >= 11 is 0. The van der Waals surface area contributed by atoms with E-state index < -0.39 is 0 Å². The quantitative estimate of drug-likeness (QED) is 0.803. The van der Waals surface area contributed by atoms with E-state index in [1.807, 2.05) is 37.2 Å². The normalized spacial score (nSPS) is 10.3. The molecule has 0 unspecified atom stereocenters. The molecule has 2 aromatic heterocycles. The van der Waals surface area contributed by atoms with E-state index in [1.54, 1.807) is 6.20 Å². The lowest BCUT2D eigenvalue weighted by atomic mass is 10.3. The second-order valence-corrected chi connectivity index (χ2v) is 3.47. The molecular weight excluding hydrogens is 190 g/mol. The van der Waals surface area contributed by atoms with Crippen LogP contribution in [0.5, 0.6) is 0 Å². The molecule has 0 amide bonds. The van der Waals surface area contributed by atoms with Gasteiger partial charge in [-0.15, -0.1) is 5.10 Å². The maximum Gasteiger partial charge on any atom is 0.244 e.